The van der Waals surface area contributed by atoms with Gasteiger partial charge in [-0.05, 0) is 43.7 Å². The van der Waals surface area contributed by atoms with Crippen LogP contribution in [0.2, 0.25) is 5.02 Å². The van der Waals surface area contributed by atoms with Crippen molar-refractivity contribution in [3.8, 4) is 11.5 Å². The van der Waals surface area contributed by atoms with Gasteiger partial charge in [0.2, 0.25) is 0 Å². The van der Waals surface area contributed by atoms with Gasteiger partial charge in [0, 0.05) is 17.1 Å². The van der Waals surface area contributed by atoms with Crippen LogP contribution < -0.4 is 15.2 Å². The minimum atomic E-state index is -0.0672. The smallest absolute Gasteiger partial charge is 0.162 e. The summed E-state index contributed by atoms with van der Waals surface area (Å²) in [4.78, 5) is 0. The highest BCUT2D eigenvalue weighted by Gasteiger charge is 2.37. The summed E-state index contributed by atoms with van der Waals surface area (Å²) in [6.07, 6.45) is 4.80. The van der Waals surface area contributed by atoms with E-state index in [4.69, 9.17) is 26.8 Å². The monoisotopic (exact) mass is 311 g/mol. The zero-order valence-corrected chi connectivity index (χ0v) is 14.0. The van der Waals surface area contributed by atoms with Crippen LogP contribution in [-0.4, -0.2) is 13.2 Å². The first kappa shape index (κ1) is 16.4. The molecule has 1 aromatic carbocycles. The highest BCUT2D eigenvalue weighted by Crippen LogP contribution is 2.48. The molecule has 118 valence electrons. The molecule has 1 aliphatic carbocycles. The lowest BCUT2D eigenvalue weighted by Crippen LogP contribution is -2.29. The second-order valence-electron chi connectivity index (χ2n) is 6.03. The molecule has 0 saturated heterocycles. The molecule has 1 unspecified atom stereocenters. The lowest BCUT2D eigenvalue weighted by atomic mass is 9.78. The van der Waals surface area contributed by atoms with Crippen molar-refractivity contribution in [2.75, 3.05) is 13.2 Å². The molecule has 0 radical (unpaired) electrons. The Morgan fingerprint density at radius 3 is 2.19 bits per heavy atom. The summed E-state index contributed by atoms with van der Waals surface area (Å²) >= 11 is 6.46. The van der Waals surface area contributed by atoms with Gasteiger partial charge in [0.1, 0.15) is 0 Å². The van der Waals surface area contributed by atoms with Crippen molar-refractivity contribution in [1.82, 2.24) is 0 Å². The Morgan fingerprint density at radius 2 is 1.67 bits per heavy atom. The fourth-order valence-corrected chi connectivity index (χ4v) is 3.47. The second-order valence-corrected chi connectivity index (χ2v) is 6.43. The molecule has 1 atom stereocenters. The average molecular weight is 312 g/mol. The number of nitrogens with two attached hydrogens (primary N) is 1. The van der Waals surface area contributed by atoms with E-state index in [0.29, 0.717) is 24.0 Å². The van der Waals surface area contributed by atoms with Gasteiger partial charge in [-0.3, -0.25) is 0 Å². The predicted molar refractivity (Wildman–Crippen MR) is 87.3 cm³/mol. The Hall–Kier alpha value is -0.930. The first-order valence-electron chi connectivity index (χ1n) is 7.86. The quantitative estimate of drug-likeness (QED) is 0.827. The fourth-order valence-electron chi connectivity index (χ4n) is 3.19. The molecule has 1 aliphatic rings. The summed E-state index contributed by atoms with van der Waals surface area (Å²) in [6.45, 7) is 7.34. The molecule has 1 saturated carbocycles. The van der Waals surface area contributed by atoms with Gasteiger partial charge in [0.25, 0.3) is 0 Å². The molecule has 1 aromatic rings. The molecule has 0 bridgehead atoms. The summed E-state index contributed by atoms with van der Waals surface area (Å²) in [5, 5.41) is 0.669. The van der Waals surface area contributed by atoms with Gasteiger partial charge in [-0.2, -0.15) is 0 Å². The summed E-state index contributed by atoms with van der Waals surface area (Å²) in [7, 11) is 0. The average Bonchev–Trinajstić information content (AvgIpc) is 2.89. The van der Waals surface area contributed by atoms with Crippen LogP contribution in [-0.2, 0) is 0 Å². The van der Waals surface area contributed by atoms with Gasteiger partial charge in [0.15, 0.2) is 11.5 Å². The molecule has 0 aliphatic heterocycles. The van der Waals surface area contributed by atoms with Crippen LogP contribution in [0, 0.1) is 5.41 Å². The number of benzene rings is 1. The van der Waals surface area contributed by atoms with Crippen molar-refractivity contribution in [2.24, 2.45) is 11.1 Å². The van der Waals surface area contributed by atoms with Gasteiger partial charge in [-0.1, -0.05) is 31.4 Å². The maximum atomic E-state index is 6.54. The minimum Gasteiger partial charge on any atom is -0.490 e. The highest BCUT2D eigenvalue weighted by molar-refractivity contribution is 6.31. The van der Waals surface area contributed by atoms with Crippen LogP contribution in [0.5, 0.6) is 11.5 Å². The van der Waals surface area contributed by atoms with E-state index in [-0.39, 0.29) is 11.5 Å². The maximum Gasteiger partial charge on any atom is 0.162 e. The zero-order valence-electron chi connectivity index (χ0n) is 13.2. The van der Waals surface area contributed by atoms with Gasteiger partial charge < -0.3 is 15.2 Å². The molecule has 0 heterocycles. The van der Waals surface area contributed by atoms with Crippen LogP contribution in [0.1, 0.15) is 58.1 Å². The Labute approximate surface area is 132 Å². The summed E-state index contributed by atoms with van der Waals surface area (Å²) in [6, 6.07) is 3.73. The lowest BCUT2D eigenvalue weighted by molar-refractivity contribution is 0.262. The molecule has 3 nitrogen and oxygen atoms in total. The molecule has 4 heteroatoms. The molecular formula is C17H26ClNO2. The minimum absolute atomic E-state index is 0.0672. The topological polar surface area (TPSA) is 44.5 Å². The summed E-state index contributed by atoms with van der Waals surface area (Å²) in [5.41, 5.74) is 7.63. The van der Waals surface area contributed by atoms with E-state index >= 15 is 0 Å². The largest absolute Gasteiger partial charge is 0.490 e. The SMILES string of the molecule is CCOc1cc(Cl)c(C(N)C2(C)CCCC2)cc1OCC. The third kappa shape index (κ3) is 3.46. The molecule has 0 amide bonds. The number of halogens is 1. The maximum absolute atomic E-state index is 6.54. The van der Waals surface area contributed by atoms with E-state index in [1.807, 2.05) is 26.0 Å². The second kappa shape index (κ2) is 6.89. The van der Waals surface area contributed by atoms with E-state index < -0.39 is 0 Å². The third-order valence-electron chi connectivity index (χ3n) is 4.49. The molecule has 21 heavy (non-hydrogen) atoms. The molecular weight excluding hydrogens is 286 g/mol. The van der Waals surface area contributed by atoms with Crippen molar-refractivity contribution in [1.29, 1.82) is 0 Å². The normalized spacial score (nSPS) is 18.5. The molecule has 0 aromatic heterocycles. The van der Waals surface area contributed by atoms with Crippen molar-refractivity contribution >= 4 is 11.6 Å². The van der Waals surface area contributed by atoms with Gasteiger partial charge >= 0.3 is 0 Å². The first-order valence-corrected chi connectivity index (χ1v) is 8.24. The molecule has 2 rings (SSSR count). The van der Waals surface area contributed by atoms with E-state index in [0.717, 1.165) is 24.2 Å². The van der Waals surface area contributed by atoms with Crippen LogP contribution in [0.3, 0.4) is 0 Å². The Kier molecular flexibility index (Phi) is 5.39. The highest BCUT2D eigenvalue weighted by atomic mass is 35.5. The van der Waals surface area contributed by atoms with Gasteiger partial charge in [-0.25, -0.2) is 0 Å². The van der Waals surface area contributed by atoms with Crippen LogP contribution in [0.15, 0.2) is 12.1 Å². The van der Waals surface area contributed by atoms with Crippen molar-refractivity contribution in [3.63, 3.8) is 0 Å². The van der Waals surface area contributed by atoms with Gasteiger partial charge in [-0.15, -0.1) is 0 Å². The summed E-state index contributed by atoms with van der Waals surface area (Å²) in [5.74, 6) is 1.42. The van der Waals surface area contributed by atoms with Crippen LogP contribution in [0.25, 0.3) is 0 Å². The number of hydrogen-bond acceptors (Lipinski definition) is 3. The Bertz CT molecular complexity index is 484. The molecule has 1 fully saturated rings. The summed E-state index contributed by atoms with van der Waals surface area (Å²) < 4.78 is 11.3. The van der Waals surface area contributed by atoms with E-state index in [1.165, 1.54) is 12.8 Å². The van der Waals surface area contributed by atoms with E-state index in [1.54, 1.807) is 0 Å². The standard InChI is InChI=1S/C17H26ClNO2/c1-4-20-14-10-12(13(18)11-15(14)21-5-2)16(19)17(3)8-6-7-9-17/h10-11,16H,4-9,19H2,1-3H3. The molecule has 0 spiro atoms. The van der Waals surface area contributed by atoms with E-state index in [2.05, 4.69) is 6.92 Å². The number of ether oxygens (including phenoxy) is 2. The Morgan fingerprint density at radius 1 is 1.14 bits per heavy atom. The van der Waals surface area contributed by atoms with E-state index in [9.17, 15) is 0 Å². The van der Waals surface area contributed by atoms with Crippen molar-refractivity contribution < 1.29 is 9.47 Å². The van der Waals surface area contributed by atoms with Crippen LogP contribution in [0.4, 0.5) is 0 Å². The van der Waals surface area contributed by atoms with Crippen molar-refractivity contribution in [3.05, 3.63) is 22.7 Å². The predicted octanol–water partition coefficient (Wildman–Crippen LogP) is 4.72. The van der Waals surface area contributed by atoms with Crippen molar-refractivity contribution in [2.45, 2.75) is 52.5 Å². The zero-order chi connectivity index (χ0) is 15.5. The first-order chi connectivity index (χ1) is 10.0. The van der Waals surface area contributed by atoms with Crippen LogP contribution >= 0.6 is 11.6 Å². The van der Waals surface area contributed by atoms with Gasteiger partial charge in [0.05, 0.1) is 13.2 Å². The fraction of sp³-hybridized carbons (Fsp3) is 0.647. The Balaban J connectivity index is 2.36. The molecule has 2 N–H and O–H groups in total. The number of rotatable bonds is 6. The lowest BCUT2D eigenvalue weighted by Gasteiger charge is -2.32. The third-order valence-corrected chi connectivity index (χ3v) is 4.82. The number of hydrogen-bond donors (Lipinski definition) is 1.